The van der Waals surface area contributed by atoms with Crippen LogP contribution >= 0.6 is 0 Å². The van der Waals surface area contributed by atoms with Crippen molar-refractivity contribution in [1.29, 1.82) is 0 Å². The molecule has 0 aliphatic carbocycles. The van der Waals surface area contributed by atoms with Crippen LogP contribution in [-0.4, -0.2) is 29.5 Å². The van der Waals surface area contributed by atoms with Gasteiger partial charge in [0, 0.05) is 5.69 Å². The zero-order valence-corrected chi connectivity index (χ0v) is 11.9. The van der Waals surface area contributed by atoms with Gasteiger partial charge in [-0.3, -0.25) is 29.8 Å². The van der Waals surface area contributed by atoms with Gasteiger partial charge in [0.05, 0.1) is 0 Å². The normalized spacial score (nSPS) is 15.1. The fraction of sp³-hybridized carbons (Fsp3) is 0.214. The van der Waals surface area contributed by atoms with Gasteiger partial charge in [0.1, 0.15) is 0 Å². The number of carbonyl (C=O) groups excluding carboxylic acids is 5. The Morgan fingerprint density at radius 3 is 2.00 bits per heavy atom. The Morgan fingerprint density at radius 1 is 1.00 bits per heavy atom. The largest absolute Gasteiger partial charge is 0.328 e. The molecule has 0 radical (unpaired) electrons. The van der Waals surface area contributed by atoms with E-state index >= 15 is 0 Å². The summed E-state index contributed by atoms with van der Waals surface area (Å²) < 4.78 is 0. The van der Waals surface area contributed by atoms with Crippen LogP contribution < -0.4 is 16.0 Å². The van der Waals surface area contributed by atoms with Crippen LogP contribution in [0.2, 0.25) is 0 Å². The van der Waals surface area contributed by atoms with Crippen molar-refractivity contribution in [2.45, 2.75) is 13.8 Å². The van der Waals surface area contributed by atoms with Crippen molar-refractivity contribution in [3.63, 3.8) is 0 Å². The lowest BCUT2D eigenvalue weighted by Gasteiger charge is -2.19. The van der Waals surface area contributed by atoms with Gasteiger partial charge in [0.2, 0.25) is 17.6 Å². The summed E-state index contributed by atoms with van der Waals surface area (Å²) in [5, 5.41) is 5.94. The number of aryl methyl sites for hydroxylation is 2. The van der Waals surface area contributed by atoms with E-state index in [2.05, 4.69) is 5.32 Å². The zero-order valence-electron chi connectivity index (χ0n) is 11.9. The molecular formula is C14H13N3O5. The van der Waals surface area contributed by atoms with Crippen LogP contribution in [0.4, 0.5) is 10.5 Å². The van der Waals surface area contributed by atoms with E-state index < -0.39 is 35.5 Å². The maximum Gasteiger partial charge on any atom is 0.328 e. The summed E-state index contributed by atoms with van der Waals surface area (Å²) in [6, 6.07) is 4.25. The van der Waals surface area contributed by atoms with Crippen molar-refractivity contribution in [3.05, 3.63) is 29.3 Å². The highest BCUT2D eigenvalue weighted by Gasteiger charge is 2.42. The molecule has 0 saturated carbocycles. The fourth-order valence-electron chi connectivity index (χ4n) is 2.07. The van der Waals surface area contributed by atoms with E-state index in [-0.39, 0.29) is 0 Å². The molecule has 0 bridgehead atoms. The monoisotopic (exact) mass is 303 g/mol. The summed E-state index contributed by atoms with van der Waals surface area (Å²) >= 11 is 0. The Bertz CT molecular complexity index is 670. The third kappa shape index (κ3) is 2.85. The first-order valence-corrected chi connectivity index (χ1v) is 6.38. The van der Waals surface area contributed by atoms with E-state index in [1.807, 2.05) is 0 Å². The predicted octanol–water partition coefficient (Wildman–Crippen LogP) is -0.207. The highest BCUT2D eigenvalue weighted by molar-refractivity contribution is 6.49. The number of anilines is 1. The molecule has 114 valence electrons. The minimum atomic E-state index is -1.87. The molecule has 1 saturated heterocycles. The summed E-state index contributed by atoms with van der Waals surface area (Å²) in [5.74, 6) is -6.43. The van der Waals surface area contributed by atoms with E-state index in [4.69, 9.17) is 0 Å². The first kappa shape index (κ1) is 15.4. The zero-order chi connectivity index (χ0) is 16.4. The summed E-state index contributed by atoms with van der Waals surface area (Å²) in [5.41, 5.74) is 1.90. The van der Waals surface area contributed by atoms with Crippen LogP contribution in [0.3, 0.4) is 0 Å². The van der Waals surface area contributed by atoms with Gasteiger partial charge in [-0.25, -0.2) is 4.79 Å². The first-order chi connectivity index (χ1) is 10.3. The fourth-order valence-corrected chi connectivity index (χ4v) is 2.07. The van der Waals surface area contributed by atoms with Gasteiger partial charge in [-0.1, -0.05) is 18.2 Å². The summed E-state index contributed by atoms with van der Waals surface area (Å²) in [7, 11) is 0. The van der Waals surface area contributed by atoms with Gasteiger partial charge in [0.25, 0.3) is 5.91 Å². The number of ketones is 1. The SMILES string of the molecule is Cc1cccc(C)c1NC(=O)C(=O)C1C(=O)NC(=O)NC1=O. The minimum absolute atomic E-state index is 0.438. The molecule has 3 N–H and O–H groups in total. The van der Waals surface area contributed by atoms with Gasteiger partial charge in [0.15, 0.2) is 5.92 Å². The molecule has 1 aliphatic heterocycles. The molecule has 0 unspecified atom stereocenters. The molecule has 1 heterocycles. The standard InChI is InChI=1S/C14H13N3O5/c1-6-4-3-5-7(2)9(6)15-13(21)10(18)8-11(19)16-14(22)17-12(8)20/h3-5,8H,1-2H3,(H,15,21)(H2,16,17,19,20,22). The number of carbonyl (C=O) groups is 5. The number of imide groups is 2. The van der Waals surface area contributed by atoms with Crippen LogP contribution in [0.5, 0.6) is 0 Å². The van der Waals surface area contributed by atoms with Crippen LogP contribution in [0, 0.1) is 19.8 Å². The minimum Gasteiger partial charge on any atom is -0.319 e. The Kier molecular flexibility index (Phi) is 4.02. The molecule has 8 nitrogen and oxygen atoms in total. The van der Waals surface area contributed by atoms with Crippen molar-refractivity contribution in [3.8, 4) is 0 Å². The number of barbiturate groups is 1. The number of hydrogen-bond donors (Lipinski definition) is 3. The van der Waals surface area contributed by atoms with Crippen molar-refractivity contribution >= 4 is 35.2 Å². The molecule has 1 aromatic carbocycles. The average Bonchev–Trinajstić information content (AvgIpc) is 2.41. The number of Topliss-reactive ketones (excluding diaryl/α,β-unsaturated/α-hetero) is 1. The Balaban J connectivity index is 2.19. The molecule has 0 atom stereocenters. The molecule has 22 heavy (non-hydrogen) atoms. The number of nitrogens with one attached hydrogen (secondary N) is 3. The number of amides is 5. The van der Waals surface area contributed by atoms with E-state index in [1.165, 1.54) is 0 Å². The van der Waals surface area contributed by atoms with E-state index in [0.717, 1.165) is 11.1 Å². The van der Waals surface area contributed by atoms with Gasteiger partial charge >= 0.3 is 6.03 Å². The van der Waals surface area contributed by atoms with E-state index in [9.17, 15) is 24.0 Å². The highest BCUT2D eigenvalue weighted by atomic mass is 16.2. The Morgan fingerprint density at radius 2 is 1.50 bits per heavy atom. The predicted molar refractivity (Wildman–Crippen MR) is 74.7 cm³/mol. The molecule has 1 aromatic rings. The Hall–Kier alpha value is -3.03. The average molecular weight is 303 g/mol. The van der Waals surface area contributed by atoms with Gasteiger partial charge < -0.3 is 5.32 Å². The summed E-state index contributed by atoms with van der Waals surface area (Å²) in [6.07, 6.45) is 0. The van der Waals surface area contributed by atoms with Crippen molar-refractivity contribution in [2.75, 3.05) is 5.32 Å². The molecule has 1 fully saturated rings. The van der Waals surface area contributed by atoms with Crippen molar-refractivity contribution < 1.29 is 24.0 Å². The Labute approximate surface area is 125 Å². The lowest BCUT2D eigenvalue weighted by molar-refractivity contribution is -0.147. The maximum atomic E-state index is 12.0. The highest BCUT2D eigenvalue weighted by Crippen LogP contribution is 2.19. The van der Waals surface area contributed by atoms with Crippen molar-refractivity contribution in [2.24, 2.45) is 5.92 Å². The van der Waals surface area contributed by atoms with Crippen molar-refractivity contribution in [1.82, 2.24) is 10.6 Å². The van der Waals surface area contributed by atoms with E-state index in [0.29, 0.717) is 5.69 Å². The number of rotatable bonds is 3. The molecule has 5 amide bonds. The second kappa shape index (κ2) is 5.76. The number of para-hydroxylation sites is 1. The van der Waals surface area contributed by atoms with Crippen LogP contribution in [0.25, 0.3) is 0 Å². The molecule has 0 aromatic heterocycles. The number of hydrogen-bond acceptors (Lipinski definition) is 5. The molecule has 1 aliphatic rings. The molecule has 2 rings (SSSR count). The molecule has 8 heteroatoms. The summed E-state index contributed by atoms with van der Waals surface area (Å²) in [4.78, 5) is 58.0. The third-order valence-corrected chi connectivity index (χ3v) is 3.20. The lowest BCUT2D eigenvalue weighted by atomic mass is 9.99. The van der Waals surface area contributed by atoms with E-state index in [1.54, 1.807) is 42.7 Å². The van der Waals surface area contributed by atoms with Crippen LogP contribution in [-0.2, 0) is 19.2 Å². The maximum absolute atomic E-state index is 12.0. The number of benzene rings is 1. The van der Waals surface area contributed by atoms with Gasteiger partial charge in [-0.2, -0.15) is 0 Å². The van der Waals surface area contributed by atoms with Crippen LogP contribution in [0.1, 0.15) is 11.1 Å². The third-order valence-electron chi connectivity index (χ3n) is 3.20. The smallest absolute Gasteiger partial charge is 0.319 e. The summed E-state index contributed by atoms with van der Waals surface area (Å²) in [6.45, 7) is 3.48. The molecule has 0 spiro atoms. The second-order valence-corrected chi connectivity index (χ2v) is 4.83. The van der Waals surface area contributed by atoms with Gasteiger partial charge in [-0.15, -0.1) is 0 Å². The first-order valence-electron chi connectivity index (χ1n) is 6.38. The molecular weight excluding hydrogens is 290 g/mol. The lowest BCUT2D eigenvalue weighted by Crippen LogP contribution is -2.59. The van der Waals surface area contributed by atoms with Crippen LogP contribution in [0.15, 0.2) is 18.2 Å². The second-order valence-electron chi connectivity index (χ2n) is 4.83. The number of urea groups is 1. The topological polar surface area (TPSA) is 121 Å². The van der Waals surface area contributed by atoms with Gasteiger partial charge in [-0.05, 0) is 25.0 Å². The quantitative estimate of drug-likeness (QED) is 0.527.